The number of nitrogens with one attached hydrogen (secondary N) is 1. The Bertz CT molecular complexity index is 1060. The molecular weight excluding hydrogens is 374 g/mol. The fourth-order valence-electron chi connectivity index (χ4n) is 4.29. The number of nitrogens with zero attached hydrogens (tertiary/aromatic N) is 4. The molecule has 1 aliphatic heterocycles. The number of fused-ring (bicyclic) bond motifs is 1. The third-order valence-electron chi connectivity index (χ3n) is 6.04. The maximum atomic E-state index is 13.4. The van der Waals surface area contributed by atoms with Gasteiger partial charge in [0, 0.05) is 38.4 Å². The van der Waals surface area contributed by atoms with Gasteiger partial charge in [0.05, 0.1) is 15.6 Å². The Labute approximate surface area is 166 Å². The van der Waals surface area contributed by atoms with Gasteiger partial charge in [-0.3, -0.25) is 9.59 Å². The highest BCUT2D eigenvalue weighted by molar-refractivity contribution is 7.17. The summed E-state index contributed by atoms with van der Waals surface area (Å²) in [6, 6.07) is 5.33. The minimum atomic E-state index is -0.470. The molecule has 1 saturated carbocycles. The molecule has 0 spiro atoms. The van der Waals surface area contributed by atoms with Crippen LogP contribution < -0.4 is 10.5 Å². The zero-order valence-electron chi connectivity index (χ0n) is 15.4. The fraction of sp³-hybridized carbons (Fsp3) is 0.400. The van der Waals surface area contributed by atoms with Gasteiger partial charge in [-0.25, -0.2) is 9.97 Å². The number of hydrogen-bond acceptors (Lipinski definition) is 6. The third-order valence-corrected chi connectivity index (χ3v) is 6.94. The van der Waals surface area contributed by atoms with Gasteiger partial charge >= 0.3 is 0 Å². The van der Waals surface area contributed by atoms with Crippen LogP contribution in [0.25, 0.3) is 10.2 Å². The summed E-state index contributed by atoms with van der Waals surface area (Å²) in [5.41, 5.74) is 1.30. The molecular formula is C20H21N5O2S. The Morgan fingerprint density at radius 3 is 2.61 bits per heavy atom. The maximum Gasteiger partial charge on any atom is 0.247 e. The van der Waals surface area contributed by atoms with E-state index in [0.29, 0.717) is 13.1 Å². The molecule has 144 valence electrons. The van der Waals surface area contributed by atoms with E-state index in [0.717, 1.165) is 53.9 Å². The predicted molar refractivity (Wildman–Crippen MR) is 109 cm³/mol. The molecule has 4 heterocycles. The Balaban J connectivity index is 1.33. The van der Waals surface area contributed by atoms with Crippen molar-refractivity contribution in [3.05, 3.63) is 52.0 Å². The van der Waals surface area contributed by atoms with Crippen LogP contribution in [0.15, 0.2) is 40.9 Å². The van der Waals surface area contributed by atoms with E-state index in [1.165, 1.54) is 6.07 Å². The molecule has 1 saturated heterocycles. The second-order valence-corrected chi connectivity index (χ2v) is 8.40. The average Bonchev–Trinajstić information content (AvgIpc) is 3.17. The van der Waals surface area contributed by atoms with E-state index in [9.17, 15) is 9.59 Å². The van der Waals surface area contributed by atoms with Crippen molar-refractivity contribution >= 4 is 33.3 Å². The number of thiophene rings is 1. The summed E-state index contributed by atoms with van der Waals surface area (Å²) in [4.78, 5) is 40.6. The van der Waals surface area contributed by atoms with Crippen molar-refractivity contribution in [2.45, 2.75) is 24.7 Å². The second kappa shape index (κ2) is 6.70. The van der Waals surface area contributed by atoms with Gasteiger partial charge in [0.25, 0.3) is 0 Å². The Kier molecular flexibility index (Phi) is 4.16. The van der Waals surface area contributed by atoms with Crippen molar-refractivity contribution in [3.8, 4) is 0 Å². The molecule has 1 amide bonds. The molecule has 0 bridgehead atoms. The quantitative estimate of drug-likeness (QED) is 0.735. The monoisotopic (exact) mass is 395 g/mol. The average molecular weight is 395 g/mol. The van der Waals surface area contributed by atoms with Crippen molar-refractivity contribution in [2.24, 2.45) is 0 Å². The van der Waals surface area contributed by atoms with Gasteiger partial charge in [0.1, 0.15) is 12.1 Å². The Hall–Kier alpha value is -2.74. The van der Waals surface area contributed by atoms with Gasteiger partial charge in [-0.15, -0.1) is 11.3 Å². The molecule has 0 atom stereocenters. The van der Waals surface area contributed by atoms with E-state index in [-0.39, 0.29) is 11.5 Å². The first-order valence-electron chi connectivity index (χ1n) is 9.59. The summed E-state index contributed by atoms with van der Waals surface area (Å²) in [6.07, 6.45) is 6.06. The molecule has 0 unspecified atom stereocenters. The topological polar surface area (TPSA) is 82.2 Å². The lowest BCUT2D eigenvalue weighted by molar-refractivity contribution is -0.141. The number of rotatable bonds is 3. The van der Waals surface area contributed by atoms with E-state index in [1.807, 2.05) is 16.3 Å². The number of carbonyl (C=O) groups excluding carboxylic acids is 1. The maximum absolute atomic E-state index is 13.4. The lowest BCUT2D eigenvalue weighted by Gasteiger charge is -2.46. The largest absolute Gasteiger partial charge is 0.352 e. The summed E-state index contributed by atoms with van der Waals surface area (Å²) in [7, 11) is 0. The van der Waals surface area contributed by atoms with E-state index >= 15 is 0 Å². The third kappa shape index (κ3) is 2.71. The van der Waals surface area contributed by atoms with Crippen LogP contribution in [0.3, 0.4) is 0 Å². The molecule has 8 heteroatoms. The minimum Gasteiger partial charge on any atom is -0.352 e. The van der Waals surface area contributed by atoms with Gasteiger partial charge in [-0.05, 0) is 29.9 Å². The normalized spacial score (nSPS) is 18.9. The van der Waals surface area contributed by atoms with Gasteiger partial charge in [-0.1, -0.05) is 12.5 Å². The first-order chi connectivity index (χ1) is 13.7. The molecule has 2 aliphatic rings. The van der Waals surface area contributed by atoms with Gasteiger partial charge < -0.3 is 14.8 Å². The van der Waals surface area contributed by atoms with E-state index in [1.54, 1.807) is 29.9 Å². The van der Waals surface area contributed by atoms with Crippen LogP contribution in [-0.2, 0) is 10.2 Å². The van der Waals surface area contributed by atoms with Crippen LogP contribution in [0.4, 0.5) is 5.82 Å². The Morgan fingerprint density at radius 1 is 1.11 bits per heavy atom. The number of hydrogen-bond donors (Lipinski definition) is 1. The van der Waals surface area contributed by atoms with Crippen molar-refractivity contribution in [1.82, 2.24) is 19.9 Å². The number of aromatic amines is 1. The van der Waals surface area contributed by atoms with Crippen LogP contribution in [0.2, 0.25) is 0 Å². The van der Waals surface area contributed by atoms with Crippen molar-refractivity contribution < 1.29 is 4.79 Å². The number of pyridine rings is 1. The number of anilines is 1. The smallest absolute Gasteiger partial charge is 0.247 e. The van der Waals surface area contributed by atoms with Crippen LogP contribution in [0.5, 0.6) is 0 Å². The number of amides is 1. The molecule has 2 fully saturated rings. The highest BCUT2D eigenvalue weighted by atomic mass is 32.1. The van der Waals surface area contributed by atoms with Crippen molar-refractivity contribution in [1.29, 1.82) is 0 Å². The van der Waals surface area contributed by atoms with Crippen LogP contribution in [0, 0.1) is 0 Å². The number of H-pyrrole nitrogens is 1. The van der Waals surface area contributed by atoms with E-state index in [2.05, 4.69) is 19.9 Å². The van der Waals surface area contributed by atoms with E-state index in [4.69, 9.17) is 0 Å². The number of piperazine rings is 1. The predicted octanol–water partition coefficient (Wildman–Crippen LogP) is 2.15. The fourth-order valence-corrected chi connectivity index (χ4v) is 5.15. The molecule has 1 N–H and O–H groups in total. The van der Waals surface area contributed by atoms with Crippen molar-refractivity contribution in [2.75, 3.05) is 31.1 Å². The van der Waals surface area contributed by atoms with Crippen molar-refractivity contribution in [3.63, 3.8) is 0 Å². The first-order valence-corrected chi connectivity index (χ1v) is 10.5. The van der Waals surface area contributed by atoms with Crippen LogP contribution >= 0.6 is 11.3 Å². The summed E-state index contributed by atoms with van der Waals surface area (Å²) in [5, 5.41) is 2.03. The lowest BCUT2D eigenvalue weighted by atomic mass is 9.64. The number of carbonyl (C=O) groups is 1. The Morgan fingerprint density at radius 2 is 1.93 bits per heavy atom. The highest BCUT2D eigenvalue weighted by Gasteiger charge is 2.48. The van der Waals surface area contributed by atoms with Gasteiger partial charge in [-0.2, -0.15) is 0 Å². The zero-order valence-corrected chi connectivity index (χ0v) is 16.2. The first kappa shape index (κ1) is 17.4. The number of aromatic nitrogens is 3. The molecule has 0 radical (unpaired) electrons. The second-order valence-electron chi connectivity index (χ2n) is 7.49. The summed E-state index contributed by atoms with van der Waals surface area (Å²) in [5.74, 6) is 1.15. The lowest BCUT2D eigenvalue weighted by Crippen LogP contribution is -2.57. The standard InChI is InChI=1S/C20H21N5O2S/c26-16-3-2-14(12-21-16)20(5-1-6-20)19(27)25-9-7-24(8-10-25)18-17-15(4-11-28-17)22-13-23-18/h2-4,11-13H,1,5-10H2,(H,21,26). The molecule has 5 rings (SSSR count). The summed E-state index contributed by atoms with van der Waals surface area (Å²) >= 11 is 1.65. The summed E-state index contributed by atoms with van der Waals surface area (Å²) in [6.45, 7) is 2.89. The molecule has 3 aromatic heterocycles. The molecule has 0 aromatic carbocycles. The highest BCUT2D eigenvalue weighted by Crippen LogP contribution is 2.45. The SMILES string of the molecule is O=C(N1CCN(c2ncnc3ccsc23)CC1)C1(c2ccc(=O)[nH]c2)CCC1. The molecule has 28 heavy (non-hydrogen) atoms. The van der Waals surface area contributed by atoms with Gasteiger partial charge in [0.2, 0.25) is 11.5 Å². The molecule has 7 nitrogen and oxygen atoms in total. The summed E-state index contributed by atoms with van der Waals surface area (Å²) < 4.78 is 1.10. The molecule has 1 aliphatic carbocycles. The van der Waals surface area contributed by atoms with Crippen LogP contribution in [-0.4, -0.2) is 51.9 Å². The van der Waals surface area contributed by atoms with E-state index < -0.39 is 5.41 Å². The molecule has 3 aromatic rings. The van der Waals surface area contributed by atoms with Crippen LogP contribution in [0.1, 0.15) is 24.8 Å². The zero-order chi connectivity index (χ0) is 19.1. The minimum absolute atomic E-state index is 0.135. The van der Waals surface area contributed by atoms with Gasteiger partial charge in [0.15, 0.2) is 0 Å².